The van der Waals surface area contributed by atoms with Gasteiger partial charge in [-0.05, 0) is 77.9 Å². The summed E-state index contributed by atoms with van der Waals surface area (Å²) in [4.78, 5) is 17.7. The van der Waals surface area contributed by atoms with Crippen LogP contribution in [0.15, 0.2) is 94.8 Å². The van der Waals surface area contributed by atoms with E-state index in [9.17, 15) is 4.79 Å². The van der Waals surface area contributed by atoms with E-state index in [0.29, 0.717) is 34.8 Å². The average Bonchev–Trinajstić information content (AvgIpc) is 3.23. The Balaban J connectivity index is 1.34. The quantitative estimate of drug-likeness (QED) is 0.281. The number of amides is 1. The molecule has 5 rings (SSSR count). The summed E-state index contributed by atoms with van der Waals surface area (Å²) >= 11 is 1.32. The van der Waals surface area contributed by atoms with Crippen LogP contribution in [0.1, 0.15) is 23.6 Å². The standard InChI is InChI=1S/C30H26N2O3S/c1-3-34-27-17-21(18-28-29(33)32-30(36-28)31-24-14-11-20(2)12-15-24)13-16-26(27)35-19-23-9-6-8-22-7-4-5-10-25(22)23/h4-18H,3,19H2,1-2H3,(H,31,32,33)/b28-18-. The van der Waals surface area contributed by atoms with E-state index in [-0.39, 0.29) is 5.91 Å². The van der Waals surface area contributed by atoms with Crippen molar-refractivity contribution >= 4 is 45.4 Å². The molecule has 36 heavy (non-hydrogen) atoms. The maximum Gasteiger partial charge on any atom is 0.264 e. The van der Waals surface area contributed by atoms with E-state index in [1.165, 1.54) is 22.5 Å². The summed E-state index contributed by atoms with van der Waals surface area (Å²) in [5, 5.41) is 5.76. The zero-order chi connectivity index (χ0) is 24.9. The van der Waals surface area contributed by atoms with Gasteiger partial charge in [-0.15, -0.1) is 0 Å². The summed E-state index contributed by atoms with van der Waals surface area (Å²) in [6.45, 7) is 4.90. The first-order valence-electron chi connectivity index (χ1n) is 11.8. The number of rotatable bonds is 7. The van der Waals surface area contributed by atoms with Crippen molar-refractivity contribution in [3.8, 4) is 11.5 Å². The molecule has 5 nitrogen and oxygen atoms in total. The molecule has 180 valence electrons. The number of hydrogen-bond donors (Lipinski definition) is 1. The number of hydrogen-bond acceptors (Lipinski definition) is 5. The molecule has 1 N–H and O–H groups in total. The maximum atomic E-state index is 12.5. The van der Waals surface area contributed by atoms with Gasteiger partial charge in [0.1, 0.15) is 6.61 Å². The average molecular weight is 495 g/mol. The van der Waals surface area contributed by atoms with Crippen LogP contribution >= 0.6 is 11.8 Å². The first-order chi connectivity index (χ1) is 17.6. The molecule has 1 amide bonds. The lowest BCUT2D eigenvalue weighted by atomic mass is 10.1. The molecule has 0 unspecified atom stereocenters. The van der Waals surface area contributed by atoms with Crippen LogP contribution in [0.2, 0.25) is 0 Å². The molecule has 4 aromatic carbocycles. The summed E-state index contributed by atoms with van der Waals surface area (Å²) in [6, 6.07) is 28.1. The number of aryl methyl sites for hydroxylation is 1. The van der Waals surface area contributed by atoms with Crippen molar-refractivity contribution in [1.82, 2.24) is 5.32 Å². The molecule has 0 atom stereocenters. The summed E-state index contributed by atoms with van der Waals surface area (Å²) in [7, 11) is 0. The second kappa shape index (κ2) is 10.7. The third kappa shape index (κ3) is 5.44. The molecule has 0 saturated carbocycles. The number of ether oxygens (including phenoxy) is 2. The van der Waals surface area contributed by atoms with Crippen LogP contribution in [-0.2, 0) is 11.4 Å². The van der Waals surface area contributed by atoms with E-state index in [2.05, 4.69) is 34.6 Å². The van der Waals surface area contributed by atoms with E-state index >= 15 is 0 Å². The van der Waals surface area contributed by atoms with Crippen molar-refractivity contribution < 1.29 is 14.3 Å². The molecule has 1 heterocycles. The van der Waals surface area contributed by atoms with Crippen LogP contribution in [0.4, 0.5) is 5.69 Å². The van der Waals surface area contributed by atoms with Gasteiger partial charge in [0, 0.05) is 0 Å². The number of thioether (sulfide) groups is 1. The molecule has 0 spiro atoms. The topological polar surface area (TPSA) is 59.9 Å². The Hall–Kier alpha value is -4.03. The zero-order valence-corrected chi connectivity index (χ0v) is 21.0. The number of carbonyl (C=O) groups excluding carboxylic acids is 1. The summed E-state index contributed by atoms with van der Waals surface area (Å²) in [6.07, 6.45) is 1.84. The highest BCUT2D eigenvalue weighted by Crippen LogP contribution is 2.33. The highest BCUT2D eigenvalue weighted by atomic mass is 32.2. The van der Waals surface area contributed by atoms with Gasteiger partial charge in [0.25, 0.3) is 5.91 Å². The van der Waals surface area contributed by atoms with Crippen LogP contribution in [-0.4, -0.2) is 17.7 Å². The summed E-state index contributed by atoms with van der Waals surface area (Å²) in [5.41, 5.74) is 3.93. The fraction of sp³-hybridized carbons (Fsp3) is 0.133. The number of nitrogens with zero attached hydrogens (tertiary/aromatic N) is 1. The molecule has 0 aliphatic carbocycles. The monoisotopic (exact) mass is 494 g/mol. The van der Waals surface area contributed by atoms with Crippen molar-refractivity contribution in [2.24, 2.45) is 4.99 Å². The number of aliphatic imine (C=N–C) groups is 1. The molecule has 0 bridgehead atoms. The fourth-order valence-electron chi connectivity index (χ4n) is 3.94. The molecule has 0 aromatic heterocycles. The van der Waals surface area contributed by atoms with Crippen LogP contribution in [0.3, 0.4) is 0 Å². The normalized spacial score (nSPS) is 15.4. The Morgan fingerprint density at radius 2 is 1.72 bits per heavy atom. The Labute approximate surface area is 214 Å². The molecular weight excluding hydrogens is 468 g/mol. The molecule has 6 heteroatoms. The van der Waals surface area contributed by atoms with E-state index in [4.69, 9.17) is 9.47 Å². The Morgan fingerprint density at radius 3 is 2.56 bits per heavy atom. The highest BCUT2D eigenvalue weighted by molar-refractivity contribution is 8.18. The molecule has 1 fully saturated rings. The predicted molar refractivity (Wildman–Crippen MR) is 148 cm³/mol. The van der Waals surface area contributed by atoms with Gasteiger partial charge in [-0.2, -0.15) is 0 Å². The molecule has 1 aliphatic rings. The second-order valence-corrected chi connectivity index (χ2v) is 9.41. The smallest absolute Gasteiger partial charge is 0.264 e. The van der Waals surface area contributed by atoms with Crippen molar-refractivity contribution in [2.45, 2.75) is 20.5 Å². The minimum Gasteiger partial charge on any atom is -0.490 e. The van der Waals surface area contributed by atoms with Gasteiger partial charge in [-0.1, -0.05) is 66.2 Å². The predicted octanol–water partition coefficient (Wildman–Crippen LogP) is 7.02. The summed E-state index contributed by atoms with van der Waals surface area (Å²) in [5.74, 6) is 1.14. The number of carbonyl (C=O) groups is 1. The van der Waals surface area contributed by atoms with Gasteiger partial charge in [0.2, 0.25) is 0 Å². The van der Waals surface area contributed by atoms with Gasteiger partial charge >= 0.3 is 0 Å². The van der Waals surface area contributed by atoms with Crippen molar-refractivity contribution in [3.05, 3.63) is 107 Å². The number of amidine groups is 1. The molecule has 1 aliphatic heterocycles. The first kappa shape index (κ1) is 23.7. The van der Waals surface area contributed by atoms with Crippen molar-refractivity contribution in [1.29, 1.82) is 0 Å². The van der Waals surface area contributed by atoms with Gasteiger partial charge in [0.15, 0.2) is 16.7 Å². The number of nitrogens with one attached hydrogen (secondary N) is 1. The van der Waals surface area contributed by atoms with Crippen LogP contribution in [0.5, 0.6) is 11.5 Å². The molecule has 1 saturated heterocycles. The zero-order valence-electron chi connectivity index (χ0n) is 20.2. The second-order valence-electron chi connectivity index (χ2n) is 8.38. The maximum absolute atomic E-state index is 12.5. The fourth-order valence-corrected chi connectivity index (χ4v) is 4.79. The van der Waals surface area contributed by atoms with Crippen molar-refractivity contribution in [2.75, 3.05) is 6.61 Å². The third-order valence-corrected chi connectivity index (χ3v) is 6.65. The summed E-state index contributed by atoms with van der Waals surface area (Å²) < 4.78 is 12.0. The van der Waals surface area contributed by atoms with Gasteiger partial charge < -0.3 is 14.8 Å². The molecular formula is C30H26N2O3S. The van der Waals surface area contributed by atoms with E-state index < -0.39 is 0 Å². The molecule has 4 aromatic rings. The van der Waals surface area contributed by atoms with E-state index in [1.54, 1.807) is 0 Å². The lowest BCUT2D eigenvalue weighted by Crippen LogP contribution is -2.19. The minimum atomic E-state index is -0.167. The SMILES string of the molecule is CCOc1cc(/C=C2\SC(=Nc3ccc(C)cc3)NC2=O)ccc1OCc1cccc2ccccc12. The third-order valence-electron chi connectivity index (χ3n) is 5.74. The van der Waals surface area contributed by atoms with Gasteiger partial charge in [0.05, 0.1) is 17.2 Å². The lowest BCUT2D eigenvalue weighted by Gasteiger charge is -2.14. The van der Waals surface area contributed by atoms with Crippen molar-refractivity contribution in [3.63, 3.8) is 0 Å². The molecule has 0 radical (unpaired) electrons. The van der Waals surface area contributed by atoms with Crippen LogP contribution in [0.25, 0.3) is 16.8 Å². The Kier molecular flexibility index (Phi) is 7.05. The number of benzene rings is 4. The lowest BCUT2D eigenvalue weighted by molar-refractivity contribution is -0.115. The van der Waals surface area contributed by atoms with E-state index in [0.717, 1.165) is 22.4 Å². The number of fused-ring (bicyclic) bond motifs is 1. The minimum absolute atomic E-state index is 0.167. The van der Waals surface area contributed by atoms with Gasteiger partial charge in [-0.3, -0.25) is 4.79 Å². The van der Waals surface area contributed by atoms with Gasteiger partial charge in [-0.25, -0.2) is 4.99 Å². The Bertz CT molecular complexity index is 1470. The van der Waals surface area contributed by atoms with Crippen LogP contribution in [0, 0.1) is 6.92 Å². The Morgan fingerprint density at radius 1 is 0.917 bits per heavy atom. The van der Waals surface area contributed by atoms with E-state index in [1.807, 2.05) is 80.6 Å². The van der Waals surface area contributed by atoms with Crippen LogP contribution < -0.4 is 14.8 Å². The largest absolute Gasteiger partial charge is 0.490 e. The first-order valence-corrected chi connectivity index (χ1v) is 12.6. The highest BCUT2D eigenvalue weighted by Gasteiger charge is 2.24.